The van der Waals surface area contributed by atoms with Crippen molar-refractivity contribution in [3.8, 4) is 0 Å². The molecule has 1 fully saturated rings. The van der Waals surface area contributed by atoms with Crippen LogP contribution < -0.4 is 5.32 Å². The Labute approximate surface area is 136 Å². The Morgan fingerprint density at radius 2 is 2.26 bits per heavy atom. The summed E-state index contributed by atoms with van der Waals surface area (Å²) in [5, 5.41) is 3.03. The second-order valence-corrected chi connectivity index (χ2v) is 5.85. The van der Waals surface area contributed by atoms with Crippen LogP contribution in [0.4, 0.5) is 5.82 Å². The molecule has 1 aliphatic rings. The van der Waals surface area contributed by atoms with E-state index in [4.69, 9.17) is 4.74 Å². The van der Waals surface area contributed by atoms with Gasteiger partial charge in [-0.1, -0.05) is 6.07 Å². The van der Waals surface area contributed by atoms with Gasteiger partial charge in [0.2, 0.25) is 0 Å². The number of anilines is 1. The van der Waals surface area contributed by atoms with Gasteiger partial charge in [0.25, 0.3) is 0 Å². The molecule has 6 nitrogen and oxygen atoms in total. The molecule has 1 atom stereocenters. The summed E-state index contributed by atoms with van der Waals surface area (Å²) >= 11 is 0. The molecule has 122 valence electrons. The molecule has 1 saturated heterocycles. The average molecular weight is 313 g/mol. The van der Waals surface area contributed by atoms with Gasteiger partial charge in [-0.3, -0.25) is 14.9 Å². The van der Waals surface area contributed by atoms with E-state index < -0.39 is 0 Å². The van der Waals surface area contributed by atoms with E-state index in [1.807, 2.05) is 31.6 Å². The number of pyridine rings is 1. The van der Waals surface area contributed by atoms with Crippen LogP contribution in [0.1, 0.15) is 11.4 Å². The molecule has 2 aromatic heterocycles. The minimum Gasteiger partial charge on any atom is -0.380 e. The molecule has 0 bridgehead atoms. The van der Waals surface area contributed by atoms with Crippen molar-refractivity contribution in [1.29, 1.82) is 0 Å². The predicted octanol–water partition coefficient (Wildman–Crippen LogP) is 1.60. The normalized spacial score (nSPS) is 19.3. The molecule has 0 unspecified atom stereocenters. The summed E-state index contributed by atoms with van der Waals surface area (Å²) in [5.74, 6) is 1.23. The Hall–Kier alpha value is -2.05. The zero-order valence-corrected chi connectivity index (χ0v) is 13.5. The van der Waals surface area contributed by atoms with Crippen molar-refractivity contribution in [2.24, 2.45) is 5.92 Å². The van der Waals surface area contributed by atoms with E-state index in [0.29, 0.717) is 5.92 Å². The molecule has 0 amide bonds. The zero-order chi connectivity index (χ0) is 15.9. The Morgan fingerprint density at radius 3 is 3.09 bits per heavy atom. The van der Waals surface area contributed by atoms with Crippen LogP contribution in [-0.4, -0.2) is 53.2 Å². The van der Waals surface area contributed by atoms with E-state index in [1.165, 1.54) is 0 Å². The van der Waals surface area contributed by atoms with Gasteiger partial charge in [-0.05, 0) is 18.6 Å². The average Bonchev–Trinajstić information content (AvgIpc) is 2.81. The molecule has 0 saturated carbocycles. The monoisotopic (exact) mass is 313 g/mol. The fourth-order valence-electron chi connectivity index (χ4n) is 2.86. The topological polar surface area (TPSA) is 63.2 Å². The molecule has 0 aliphatic carbocycles. The van der Waals surface area contributed by atoms with Gasteiger partial charge in [-0.25, -0.2) is 4.98 Å². The Bertz CT molecular complexity index is 607. The first-order chi connectivity index (χ1) is 11.3. The van der Waals surface area contributed by atoms with Crippen molar-refractivity contribution >= 4 is 5.82 Å². The fourth-order valence-corrected chi connectivity index (χ4v) is 2.86. The molecule has 0 spiro atoms. The van der Waals surface area contributed by atoms with Gasteiger partial charge in [0.05, 0.1) is 30.8 Å². The second kappa shape index (κ2) is 7.99. The number of nitrogens with one attached hydrogen (secondary N) is 1. The largest absolute Gasteiger partial charge is 0.380 e. The van der Waals surface area contributed by atoms with E-state index >= 15 is 0 Å². The fraction of sp³-hybridized carbons (Fsp3) is 0.471. The molecular formula is C17H23N5O. The molecule has 6 heteroatoms. The third-order valence-electron chi connectivity index (χ3n) is 3.97. The summed E-state index contributed by atoms with van der Waals surface area (Å²) in [6.07, 6.45) is 6.30. The lowest BCUT2D eigenvalue weighted by Gasteiger charge is -2.22. The van der Waals surface area contributed by atoms with Crippen LogP contribution in [0.25, 0.3) is 0 Å². The molecule has 1 N–H and O–H groups in total. The van der Waals surface area contributed by atoms with Gasteiger partial charge in [0.1, 0.15) is 5.82 Å². The Balaban J connectivity index is 1.62. The number of rotatable bonds is 5. The van der Waals surface area contributed by atoms with Gasteiger partial charge in [-0.2, -0.15) is 0 Å². The maximum absolute atomic E-state index is 5.78. The molecule has 3 heterocycles. The summed E-state index contributed by atoms with van der Waals surface area (Å²) in [6, 6.07) is 6.06. The summed E-state index contributed by atoms with van der Waals surface area (Å²) < 4.78 is 5.78. The van der Waals surface area contributed by atoms with Crippen LogP contribution in [0.5, 0.6) is 0 Å². The van der Waals surface area contributed by atoms with Crippen LogP contribution in [0.3, 0.4) is 0 Å². The summed E-state index contributed by atoms with van der Waals surface area (Å²) in [4.78, 5) is 15.6. The van der Waals surface area contributed by atoms with Crippen LogP contribution in [0.15, 0.2) is 36.8 Å². The van der Waals surface area contributed by atoms with Gasteiger partial charge < -0.3 is 10.1 Å². The molecular weight excluding hydrogens is 290 g/mol. The van der Waals surface area contributed by atoms with Crippen molar-refractivity contribution in [1.82, 2.24) is 19.9 Å². The quantitative estimate of drug-likeness (QED) is 0.905. The lowest BCUT2D eigenvalue weighted by Crippen LogP contribution is -2.31. The lowest BCUT2D eigenvalue weighted by molar-refractivity contribution is 0.121. The lowest BCUT2D eigenvalue weighted by atomic mass is 10.0. The second-order valence-electron chi connectivity index (χ2n) is 5.85. The standard InChI is InChI=1S/C17H23N5O/c1-18-17-10-19-9-16(21-17)8-14-11-22(6-7-23-13-14)12-15-4-2-3-5-20-15/h2-5,9-10,14H,6-8,11-13H2,1H3,(H,18,21)/t14-/m0/s1. The molecule has 23 heavy (non-hydrogen) atoms. The highest BCUT2D eigenvalue weighted by atomic mass is 16.5. The molecule has 2 aromatic rings. The Kier molecular flexibility index (Phi) is 5.50. The van der Waals surface area contributed by atoms with E-state index in [9.17, 15) is 0 Å². The number of ether oxygens (including phenoxy) is 1. The van der Waals surface area contributed by atoms with E-state index in [-0.39, 0.29) is 0 Å². The van der Waals surface area contributed by atoms with Crippen molar-refractivity contribution in [2.75, 3.05) is 38.7 Å². The minimum atomic E-state index is 0.419. The summed E-state index contributed by atoms with van der Waals surface area (Å²) in [5.41, 5.74) is 2.11. The number of nitrogens with zero attached hydrogens (tertiary/aromatic N) is 4. The number of hydrogen-bond acceptors (Lipinski definition) is 6. The van der Waals surface area contributed by atoms with Gasteiger partial charge >= 0.3 is 0 Å². The van der Waals surface area contributed by atoms with E-state index in [2.05, 4.69) is 31.2 Å². The molecule has 1 aliphatic heterocycles. The molecule has 0 aromatic carbocycles. The highest BCUT2D eigenvalue weighted by Crippen LogP contribution is 2.15. The van der Waals surface area contributed by atoms with Crippen LogP contribution in [0.2, 0.25) is 0 Å². The first-order valence-corrected chi connectivity index (χ1v) is 8.02. The smallest absolute Gasteiger partial charge is 0.144 e. The molecule has 0 radical (unpaired) electrons. The first kappa shape index (κ1) is 15.8. The summed E-state index contributed by atoms with van der Waals surface area (Å²) in [6.45, 7) is 4.33. The SMILES string of the molecule is CNc1cncc(C[C@@H]2COCCN(Cc3ccccn3)C2)n1. The Morgan fingerprint density at radius 1 is 1.30 bits per heavy atom. The minimum absolute atomic E-state index is 0.419. The van der Waals surface area contributed by atoms with Gasteiger partial charge in [0.15, 0.2) is 0 Å². The van der Waals surface area contributed by atoms with Gasteiger partial charge in [0, 0.05) is 45.0 Å². The van der Waals surface area contributed by atoms with Crippen LogP contribution >= 0.6 is 0 Å². The number of hydrogen-bond donors (Lipinski definition) is 1. The van der Waals surface area contributed by atoms with Crippen LogP contribution in [-0.2, 0) is 17.7 Å². The van der Waals surface area contributed by atoms with E-state index in [0.717, 1.165) is 56.5 Å². The van der Waals surface area contributed by atoms with E-state index in [1.54, 1.807) is 6.20 Å². The highest BCUT2D eigenvalue weighted by molar-refractivity contribution is 5.30. The van der Waals surface area contributed by atoms with Crippen molar-refractivity contribution in [2.45, 2.75) is 13.0 Å². The van der Waals surface area contributed by atoms with Crippen LogP contribution in [0, 0.1) is 5.92 Å². The van der Waals surface area contributed by atoms with Crippen molar-refractivity contribution in [3.05, 3.63) is 48.2 Å². The zero-order valence-electron chi connectivity index (χ0n) is 13.5. The maximum Gasteiger partial charge on any atom is 0.144 e. The van der Waals surface area contributed by atoms with Crippen molar-refractivity contribution in [3.63, 3.8) is 0 Å². The first-order valence-electron chi connectivity index (χ1n) is 8.02. The summed E-state index contributed by atoms with van der Waals surface area (Å²) in [7, 11) is 1.86. The molecule has 3 rings (SSSR count). The third-order valence-corrected chi connectivity index (χ3v) is 3.97. The predicted molar refractivity (Wildman–Crippen MR) is 89.1 cm³/mol. The number of aromatic nitrogens is 3. The highest BCUT2D eigenvalue weighted by Gasteiger charge is 2.20. The third kappa shape index (κ3) is 4.71. The van der Waals surface area contributed by atoms with Crippen molar-refractivity contribution < 1.29 is 4.74 Å². The maximum atomic E-state index is 5.78. The van der Waals surface area contributed by atoms with Gasteiger partial charge in [-0.15, -0.1) is 0 Å².